The third-order valence-electron chi connectivity index (χ3n) is 3.74. The van der Waals surface area contributed by atoms with Gasteiger partial charge in [-0.2, -0.15) is 0 Å². The molecular formula is C13H19NO2S. The highest BCUT2D eigenvalue weighted by Crippen LogP contribution is 2.41. The van der Waals surface area contributed by atoms with Crippen LogP contribution >= 0.6 is 11.3 Å². The molecule has 2 aliphatic heterocycles. The number of rotatable bonds is 3. The zero-order chi connectivity index (χ0) is 11.7. The predicted molar refractivity (Wildman–Crippen MR) is 68.8 cm³/mol. The van der Waals surface area contributed by atoms with Gasteiger partial charge >= 0.3 is 0 Å². The van der Waals surface area contributed by atoms with E-state index in [4.69, 9.17) is 9.47 Å². The van der Waals surface area contributed by atoms with Crippen LogP contribution in [0.5, 0.6) is 0 Å². The molecule has 0 aromatic carbocycles. The number of nitrogens with one attached hydrogen (secondary N) is 1. The van der Waals surface area contributed by atoms with Crippen molar-refractivity contribution >= 4 is 11.3 Å². The summed E-state index contributed by atoms with van der Waals surface area (Å²) in [7, 11) is 0. The highest BCUT2D eigenvalue weighted by Gasteiger charge is 2.44. The Balaban J connectivity index is 1.75. The maximum absolute atomic E-state index is 5.54. The number of ether oxygens (including phenoxy) is 2. The largest absolute Gasteiger partial charge is 0.379 e. The first-order valence-corrected chi connectivity index (χ1v) is 7.12. The molecule has 17 heavy (non-hydrogen) atoms. The van der Waals surface area contributed by atoms with Gasteiger partial charge in [0.15, 0.2) is 0 Å². The van der Waals surface area contributed by atoms with Crippen molar-refractivity contribution in [2.75, 3.05) is 33.0 Å². The first-order valence-electron chi connectivity index (χ1n) is 6.24. The van der Waals surface area contributed by atoms with E-state index in [-0.39, 0.29) is 5.41 Å². The molecule has 3 rings (SSSR count). The molecule has 3 nitrogen and oxygen atoms in total. The van der Waals surface area contributed by atoms with Gasteiger partial charge in [0.1, 0.15) is 0 Å². The van der Waals surface area contributed by atoms with E-state index in [0.717, 1.165) is 39.4 Å². The molecule has 0 spiro atoms. The Hall–Kier alpha value is -0.420. The zero-order valence-corrected chi connectivity index (χ0v) is 11.0. The van der Waals surface area contributed by atoms with E-state index in [1.54, 1.807) is 0 Å². The lowest BCUT2D eigenvalue weighted by atomic mass is 9.77. The quantitative estimate of drug-likeness (QED) is 0.889. The van der Waals surface area contributed by atoms with Crippen LogP contribution < -0.4 is 5.32 Å². The van der Waals surface area contributed by atoms with Gasteiger partial charge in [0.05, 0.1) is 31.8 Å². The number of aryl methyl sites for hydroxylation is 1. The number of hydrogen-bond acceptors (Lipinski definition) is 4. The van der Waals surface area contributed by atoms with Crippen molar-refractivity contribution in [2.45, 2.75) is 24.8 Å². The summed E-state index contributed by atoms with van der Waals surface area (Å²) in [5.74, 6) is 0. The molecule has 2 saturated heterocycles. The summed E-state index contributed by atoms with van der Waals surface area (Å²) in [6, 6.07) is 2.69. The lowest BCUT2D eigenvalue weighted by Gasteiger charge is -2.44. The Labute approximate surface area is 106 Å². The van der Waals surface area contributed by atoms with Crippen molar-refractivity contribution in [3.8, 4) is 0 Å². The summed E-state index contributed by atoms with van der Waals surface area (Å²) >= 11 is 1.87. The molecule has 0 bridgehead atoms. The maximum Gasteiger partial charge on any atom is 0.0620 e. The smallest absolute Gasteiger partial charge is 0.0620 e. The first kappa shape index (κ1) is 11.7. The lowest BCUT2D eigenvalue weighted by Crippen LogP contribution is -2.53. The molecule has 0 saturated carbocycles. The third kappa shape index (κ3) is 2.15. The van der Waals surface area contributed by atoms with E-state index in [1.807, 2.05) is 11.3 Å². The topological polar surface area (TPSA) is 30.5 Å². The summed E-state index contributed by atoms with van der Waals surface area (Å²) < 4.78 is 11.0. The van der Waals surface area contributed by atoms with Crippen LogP contribution in [0.25, 0.3) is 0 Å². The fraction of sp³-hybridized carbons (Fsp3) is 0.692. The molecule has 1 aromatic rings. The van der Waals surface area contributed by atoms with Gasteiger partial charge < -0.3 is 14.8 Å². The molecule has 0 amide bonds. The molecule has 3 heterocycles. The van der Waals surface area contributed by atoms with E-state index in [2.05, 4.69) is 23.7 Å². The van der Waals surface area contributed by atoms with Gasteiger partial charge in [0.25, 0.3) is 0 Å². The van der Waals surface area contributed by atoms with Crippen LogP contribution in [0.2, 0.25) is 0 Å². The number of thiophene rings is 1. The van der Waals surface area contributed by atoms with Crippen LogP contribution in [0.3, 0.4) is 0 Å². The van der Waals surface area contributed by atoms with Crippen molar-refractivity contribution < 1.29 is 9.47 Å². The SMILES string of the molecule is Cc1ccsc1C1(CC2COCCN2)COC1. The Morgan fingerprint density at radius 2 is 2.35 bits per heavy atom. The van der Waals surface area contributed by atoms with Crippen molar-refractivity contribution in [1.29, 1.82) is 0 Å². The van der Waals surface area contributed by atoms with Crippen LogP contribution in [0.15, 0.2) is 11.4 Å². The Kier molecular flexibility index (Phi) is 3.21. The number of hydrogen-bond donors (Lipinski definition) is 1. The molecule has 1 aromatic heterocycles. The third-order valence-corrected chi connectivity index (χ3v) is 5.00. The summed E-state index contributed by atoms with van der Waals surface area (Å²) in [5, 5.41) is 5.74. The second-order valence-corrected chi connectivity index (χ2v) is 6.05. The van der Waals surface area contributed by atoms with E-state index < -0.39 is 0 Å². The minimum Gasteiger partial charge on any atom is -0.379 e. The maximum atomic E-state index is 5.54. The van der Waals surface area contributed by atoms with Crippen molar-refractivity contribution in [1.82, 2.24) is 5.32 Å². The van der Waals surface area contributed by atoms with E-state index in [0.29, 0.717) is 6.04 Å². The van der Waals surface area contributed by atoms with Gasteiger partial charge in [-0.15, -0.1) is 11.3 Å². The first-order chi connectivity index (χ1) is 8.30. The average Bonchev–Trinajstić information content (AvgIpc) is 2.72. The second-order valence-electron chi connectivity index (χ2n) is 5.14. The van der Waals surface area contributed by atoms with Gasteiger partial charge in [0.2, 0.25) is 0 Å². The molecule has 1 unspecified atom stereocenters. The van der Waals surface area contributed by atoms with Gasteiger partial charge in [-0.05, 0) is 30.4 Å². The molecule has 1 atom stereocenters. The Morgan fingerprint density at radius 1 is 1.47 bits per heavy atom. The van der Waals surface area contributed by atoms with Gasteiger partial charge in [-0.3, -0.25) is 0 Å². The fourth-order valence-corrected chi connectivity index (χ4v) is 3.94. The summed E-state index contributed by atoms with van der Waals surface area (Å²) in [5.41, 5.74) is 1.66. The van der Waals surface area contributed by atoms with Crippen molar-refractivity contribution in [2.24, 2.45) is 0 Å². The molecular weight excluding hydrogens is 234 g/mol. The predicted octanol–water partition coefficient (Wildman–Crippen LogP) is 1.70. The molecule has 2 fully saturated rings. The molecule has 94 valence electrons. The van der Waals surface area contributed by atoms with E-state index >= 15 is 0 Å². The van der Waals surface area contributed by atoms with E-state index in [1.165, 1.54) is 10.4 Å². The number of morpholine rings is 1. The molecule has 1 N–H and O–H groups in total. The lowest BCUT2D eigenvalue weighted by molar-refractivity contribution is -0.0738. The minimum atomic E-state index is 0.247. The summed E-state index contributed by atoms with van der Waals surface area (Å²) in [6.45, 7) is 6.60. The molecule has 0 aliphatic carbocycles. The standard InChI is InChI=1S/C13H19NO2S/c1-10-2-5-17-12(10)13(8-16-9-13)6-11-7-15-4-3-14-11/h2,5,11,14H,3-4,6-9H2,1H3. The van der Waals surface area contributed by atoms with Gasteiger partial charge in [-0.25, -0.2) is 0 Å². The molecule has 0 radical (unpaired) electrons. The monoisotopic (exact) mass is 253 g/mol. The zero-order valence-electron chi connectivity index (χ0n) is 10.2. The van der Waals surface area contributed by atoms with E-state index in [9.17, 15) is 0 Å². The minimum absolute atomic E-state index is 0.247. The highest BCUT2D eigenvalue weighted by atomic mass is 32.1. The molecule has 4 heteroatoms. The highest BCUT2D eigenvalue weighted by molar-refractivity contribution is 7.10. The second kappa shape index (κ2) is 4.69. The Morgan fingerprint density at radius 3 is 2.88 bits per heavy atom. The van der Waals surface area contributed by atoms with Crippen LogP contribution in [-0.2, 0) is 14.9 Å². The van der Waals surface area contributed by atoms with Crippen LogP contribution in [0.1, 0.15) is 16.9 Å². The van der Waals surface area contributed by atoms with Gasteiger partial charge in [-0.1, -0.05) is 0 Å². The van der Waals surface area contributed by atoms with Crippen LogP contribution in [0.4, 0.5) is 0 Å². The van der Waals surface area contributed by atoms with Crippen molar-refractivity contribution in [3.05, 3.63) is 21.9 Å². The summed E-state index contributed by atoms with van der Waals surface area (Å²) in [6.07, 6.45) is 1.13. The van der Waals surface area contributed by atoms with Gasteiger partial charge in [0, 0.05) is 17.5 Å². The van der Waals surface area contributed by atoms with Crippen LogP contribution in [-0.4, -0.2) is 39.0 Å². The normalized spacial score (nSPS) is 27.7. The summed E-state index contributed by atoms with van der Waals surface area (Å²) in [4.78, 5) is 1.51. The molecule has 2 aliphatic rings. The van der Waals surface area contributed by atoms with Crippen molar-refractivity contribution in [3.63, 3.8) is 0 Å². The Bertz CT molecular complexity index is 381. The van der Waals surface area contributed by atoms with Crippen LogP contribution in [0, 0.1) is 6.92 Å². The average molecular weight is 253 g/mol. The fourth-order valence-electron chi connectivity index (χ4n) is 2.83.